The van der Waals surface area contributed by atoms with Gasteiger partial charge in [0.15, 0.2) is 0 Å². The summed E-state index contributed by atoms with van der Waals surface area (Å²) in [6, 6.07) is 0. The van der Waals surface area contributed by atoms with Gasteiger partial charge in [0, 0.05) is 24.3 Å². The fourth-order valence-electron chi connectivity index (χ4n) is 1.87. The van der Waals surface area contributed by atoms with Gasteiger partial charge in [-0.2, -0.15) is 5.10 Å². The molecule has 19 heavy (non-hydrogen) atoms. The van der Waals surface area contributed by atoms with E-state index in [1.54, 1.807) is 13.1 Å². The summed E-state index contributed by atoms with van der Waals surface area (Å²) in [7, 11) is 0. The van der Waals surface area contributed by atoms with Crippen molar-refractivity contribution in [2.75, 3.05) is 0 Å². The molecule has 0 saturated carbocycles. The van der Waals surface area contributed by atoms with Crippen molar-refractivity contribution in [3.63, 3.8) is 0 Å². The predicted octanol–water partition coefficient (Wildman–Crippen LogP) is 1.33. The Bertz CT molecular complexity index is 454. The third-order valence-corrected chi connectivity index (χ3v) is 3.12. The van der Waals surface area contributed by atoms with Crippen LogP contribution in [0.2, 0.25) is 0 Å². The second-order valence-corrected chi connectivity index (χ2v) is 4.50. The monoisotopic (exact) mass is 267 g/mol. The molecule has 2 N–H and O–H groups in total. The molecule has 0 aliphatic rings. The van der Waals surface area contributed by atoms with Crippen LogP contribution in [0.15, 0.2) is 6.20 Å². The molecule has 106 valence electrons. The highest BCUT2D eigenvalue weighted by atomic mass is 16.4. The van der Waals surface area contributed by atoms with E-state index in [-0.39, 0.29) is 6.42 Å². The number of carbonyl (C=O) groups excluding carboxylic acids is 1. The highest BCUT2D eigenvalue weighted by Crippen LogP contribution is 2.09. The van der Waals surface area contributed by atoms with Gasteiger partial charge in [-0.15, -0.1) is 0 Å². The minimum atomic E-state index is -1.08. The van der Waals surface area contributed by atoms with Gasteiger partial charge in [0.2, 0.25) is 5.91 Å². The van der Waals surface area contributed by atoms with Crippen LogP contribution in [-0.4, -0.2) is 26.8 Å². The molecule has 1 heterocycles. The maximum atomic E-state index is 11.7. The molecule has 1 amide bonds. The molecule has 0 saturated heterocycles. The summed E-state index contributed by atoms with van der Waals surface area (Å²) in [5, 5.41) is 15.8. The normalized spacial score (nSPS) is 12.2. The largest absolute Gasteiger partial charge is 0.481 e. The van der Waals surface area contributed by atoms with Gasteiger partial charge in [0.25, 0.3) is 0 Å². The average Bonchev–Trinajstić information content (AvgIpc) is 2.69. The first-order valence-corrected chi connectivity index (χ1v) is 6.53. The van der Waals surface area contributed by atoms with Crippen LogP contribution in [0.3, 0.4) is 0 Å². The molecule has 6 heteroatoms. The lowest BCUT2D eigenvalue weighted by atomic mass is 10.1. The quantitative estimate of drug-likeness (QED) is 0.730. The smallest absolute Gasteiger partial charge is 0.316 e. The second kappa shape index (κ2) is 6.92. The molecule has 0 bridgehead atoms. The summed E-state index contributed by atoms with van der Waals surface area (Å²) in [5.74, 6) is -2.51. The number of rotatable bonds is 7. The van der Waals surface area contributed by atoms with Crippen LogP contribution in [0.1, 0.15) is 37.9 Å². The Morgan fingerprint density at radius 2 is 2.16 bits per heavy atom. The molecule has 0 radical (unpaired) electrons. The standard InChI is InChI=1S/C13H21N3O3/c1-4-6-16-9(3)10(8-15-16)7-14-12(17)11(5-2)13(18)19/h8,11H,4-7H2,1-3H3,(H,14,17)(H,18,19). The Labute approximate surface area is 112 Å². The van der Waals surface area contributed by atoms with Crippen molar-refractivity contribution >= 4 is 11.9 Å². The number of nitrogens with zero attached hydrogens (tertiary/aromatic N) is 2. The van der Waals surface area contributed by atoms with Gasteiger partial charge in [-0.1, -0.05) is 13.8 Å². The SMILES string of the molecule is CCCn1ncc(CNC(=O)C(CC)C(=O)O)c1C. The lowest BCUT2D eigenvalue weighted by Crippen LogP contribution is -2.34. The van der Waals surface area contributed by atoms with Crippen LogP contribution in [0, 0.1) is 12.8 Å². The summed E-state index contributed by atoms with van der Waals surface area (Å²) < 4.78 is 1.88. The molecule has 1 rings (SSSR count). The summed E-state index contributed by atoms with van der Waals surface area (Å²) in [4.78, 5) is 22.6. The van der Waals surface area contributed by atoms with Gasteiger partial charge >= 0.3 is 5.97 Å². The number of carboxylic acid groups (broad SMARTS) is 1. The fourth-order valence-corrected chi connectivity index (χ4v) is 1.87. The summed E-state index contributed by atoms with van der Waals surface area (Å²) >= 11 is 0. The molecule has 0 spiro atoms. The maximum Gasteiger partial charge on any atom is 0.316 e. The molecular weight excluding hydrogens is 246 g/mol. The lowest BCUT2D eigenvalue weighted by Gasteiger charge is -2.10. The summed E-state index contributed by atoms with van der Waals surface area (Å²) in [6.07, 6.45) is 2.99. The first-order valence-electron chi connectivity index (χ1n) is 6.53. The zero-order valence-electron chi connectivity index (χ0n) is 11.6. The van der Waals surface area contributed by atoms with Gasteiger partial charge in [-0.3, -0.25) is 14.3 Å². The van der Waals surface area contributed by atoms with E-state index in [1.165, 1.54) is 0 Å². The number of hydrogen-bond acceptors (Lipinski definition) is 3. The van der Waals surface area contributed by atoms with E-state index >= 15 is 0 Å². The molecule has 1 aromatic rings. The Balaban J connectivity index is 2.62. The zero-order valence-corrected chi connectivity index (χ0v) is 11.6. The van der Waals surface area contributed by atoms with Crippen LogP contribution in [0.4, 0.5) is 0 Å². The Kier molecular flexibility index (Phi) is 5.54. The molecule has 0 aliphatic carbocycles. The van der Waals surface area contributed by atoms with Crippen molar-refractivity contribution in [1.29, 1.82) is 0 Å². The molecule has 1 atom stereocenters. The van der Waals surface area contributed by atoms with Gasteiger partial charge in [-0.25, -0.2) is 0 Å². The number of hydrogen-bond donors (Lipinski definition) is 2. The Morgan fingerprint density at radius 3 is 2.68 bits per heavy atom. The Hall–Kier alpha value is -1.85. The number of aromatic nitrogens is 2. The van der Waals surface area contributed by atoms with Crippen molar-refractivity contribution < 1.29 is 14.7 Å². The van der Waals surface area contributed by atoms with E-state index in [9.17, 15) is 9.59 Å². The van der Waals surface area contributed by atoms with Crippen LogP contribution < -0.4 is 5.32 Å². The highest BCUT2D eigenvalue weighted by Gasteiger charge is 2.23. The van der Waals surface area contributed by atoms with Gasteiger partial charge in [0.1, 0.15) is 5.92 Å². The molecule has 6 nitrogen and oxygen atoms in total. The predicted molar refractivity (Wildman–Crippen MR) is 70.5 cm³/mol. The minimum Gasteiger partial charge on any atom is -0.481 e. The van der Waals surface area contributed by atoms with Crippen LogP contribution in [0.5, 0.6) is 0 Å². The van der Waals surface area contributed by atoms with Crippen LogP contribution in [-0.2, 0) is 22.7 Å². The molecular formula is C13H21N3O3. The molecule has 0 aromatic carbocycles. The van der Waals surface area contributed by atoms with E-state index in [4.69, 9.17) is 5.11 Å². The highest BCUT2D eigenvalue weighted by molar-refractivity contribution is 5.96. The van der Waals surface area contributed by atoms with Gasteiger partial charge in [-0.05, 0) is 19.8 Å². The topological polar surface area (TPSA) is 84.2 Å². The van der Waals surface area contributed by atoms with Gasteiger partial charge in [0.05, 0.1) is 6.20 Å². The zero-order chi connectivity index (χ0) is 14.4. The number of carbonyl (C=O) groups is 2. The van der Waals surface area contributed by atoms with Crippen LogP contribution >= 0.6 is 0 Å². The van der Waals surface area contributed by atoms with Crippen molar-refractivity contribution in [3.8, 4) is 0 Å². The van der Waals surface area contributed by atoms with Crippen molar-refractivity contribution in [1.82, 2.24) is 15.1 Å². The number of aliphatic carboxylic acids is 1. The van der Waals surface area contributed by atoms with Crippen molar-refractivity contribution in [2.24, 2.45) is 5.92 Å². The first-order chi connectivity index (χ1) is 9.01. The van der Waals surface area contributed by atoms with Gasteiger partial charge < -0.3 is 10.4 Å². The lowest BCUT2D eigenvalue weighted by molar-refractivity contribution is -0.147. The average molecular weight is 267 g/mol. The number of aryl methyl sites for hydroxylation is 1. The van der Waals surface area contributed by atoms with E-state index in [1.807, 2.05) is 11.6 Å². The number of amides is 1. The maximum absolute atomic E-state index is 11.7. The number of carboxylic acids is 1. The van der Waals surface area contributed by atoms with E-state index < -0.39 is 17.8 Å². The molecule has 0 fully saturated rings. The summed E-state index contributed by atoms with van der Waals surface area (Å²) in [6.45, 7) is 6.85. The molecule has 1 aromatic heterocycles. The third kappa shape index (κ3) is 3.81. The van der Waals surface area contributed by atoms with E-state index in [0.717, 1.165) is 24.2 Å². The number of nitrogens with one attached hydrogen (secondary N) is 1. The summed E-state index contributed by atoms with van der Waals surface area (Å²) in [5.41, 5.74) is 1.92. The Morgan fingerprint density at radius 1 is 1.47 bits per heavy atom. The molecule has 0 aliphatic heterocycles. The van der Waals surface area contributed by atoms with E-state index in [0.29, 0.717) is 6.54 Å². The molecule has 1 unspecified atom stereocenters. The second-order valence-electron chi connectivity index (χ2n) is 4.50. The van der Waals surface area contributed by atoms with E-state index in [2.05, 4.69) is 17.3 Å². The van der Waals surface area contributed by atoms with Crippen LogP contribution in [0.25, 0.3) is 0 Å². The van der Waals surface area contributed by atoms with Crippen molar-refractivity contribution in [2.45, 2.75) is 46.7 Å². The van der Waals surface area contributed by atoms with Crippen molar-refractivity contribution in [3.05, 3.63) is 17.5 Å². The first kappa shape index (κ1) is 15.2. The third-order valence-electron chi connectivity index (χ3n) is 3.12. The minimum absolute atomic E-state index is 0.287. The fraction of sp³-hybridized carbons (Fsp3) is 0.615.